The normalized spacial score (nSPS) is 17.4. The molecule has 0 saturated carbocycles. The maximum atomic E-state index is 12.9. The van der Waals surface area contributed by atoms with E-state index in [2.05, 4.69) is 82.6 Å². The van der Waals surface area contributed by atoms with Gasteiger partial charge in [0.1, 0.15) is 34.2 Å². The minimum atomic E-state index is -4.61. The van der Waals surface area contributed by atoms with Crippen LogP contribution in [0.2, 0.25) is 0 Å². The molecule has 0 spiro atoms. The van der Waals surface area contributed by atoms with Gasteiger partial charge in [0.05, 0.1) is 64.6 Å². The van der Waals surface area contributed by atoms with Gasteiger partial charge in [-0.3, -0.25) is 33.6 Å². The predicted octanol–water partition coefficient (Wildman–Crippen LogP) is 24.6. The molecule has 6 aliphatic heterocycles. The summed E-state index contributed by atoms with van der Waals surface area (Å²) in [6.45, 7) is 21.4. The zero-order chi connectivity index (χ0) is 108. The van der Waals surface area contributed by atoms with Crippen LogP contribution in [-0.4, -0.2) is 213 Å². The number of ether oxygens (including phenoxy) is 1. The lowest BCUT2D eigenvalue weighted by atomic mass is 9.99. The van der Waals surface area contributed by atoms with Crippen LogP contribution in [0.1, 0.15) is 230 Å². The molecule has 0 aromatic carbocycles. The molecule has 6 fully saturated rings. The molecule has 2 N–H and O–H groups in total. The summed E-state index contributed by atoms with van der Waals surface area (Å²) in [6, 6.07) is 19.6. The van der Waals surface area contributed by atoms with E-state index in [1.54, 1.807) is 109 Å². The van der Waals surface area contributed by atoms with Crippen molar-refractivity contribution in [2.24, 2.45) is 11.8 Å². The number of halogens is 18. The minimum Gasteiger partial charge on any atom is -0.381 e. The van der Waals surface area contributed by atoms with Crippen molar-refractivity contribution in [3.8, 4) is 63.4 Å². The van der Waals surface area contributed by atoms with Crippen molar-refractivity contribution >= 4 is 109 Å². The molecule has 148 heavy (non-hydrogen) atoms. The number of nitrogens with zero attached hydrogens (tertiary/aromatic N) is 12. The molecule has 0 aliphatic carbocycles. The van der Waals surface area contributed by atoms with Crippen LogP contribution in [0.15, 0.2) is 99.9 Å². The summed E-state index contributed by atoms with van der Waals surface area (Å²) in [5.41, 5.74) is 0.319. The van der Waals surface area contributed by atoms with Crippen LogP contribution < -0.4 is 10.6 Å². The van der Waals surface area contributed by atoms with Gasteiger partial charge in [0.25, 0.3) is 35.4 Å². The molecule has 18 heterocycles. The van der Waals surface area contributed by atoms with Gasteiger partial charge in [-0.1, -0.05) is 44.8 Å². The number of amides is 7. The highest BCUT2D eigenvalue weighted by atomic mass is 32.1. The lowest BCUT2D eigenvalue weighted by Crippen LogP contribution is -2.49. The van der Waals surface area contributed by atoms with E-state index < -0.39 is 71.6 Å². The highest BCUT2D eigenvalue weighted by Gasteiger charge is 2.46. The number of carbonyl (C=O) groups is 7. The molecule has 6 saturated heterocycles. The predicted molar refractivity (Wildman–Crippen MR) is 512 cm³/mol. The summed E-state index contributed by atoms with van der Waals surface area (Å²) >= 11 is 6.76. The number of aromatic nitrogens is 6. The van der Waals surface area contributed by atoms with Gasteiger partial charge in [0.15, 0.2) is 0 Å². The smallest absolute Gasteiger partial charge is 0.381 e. The Bertz CT molecular complexity index is 6600. The van der Waals surface area contributed by atoms with E-state index in [1.165, 1.54) is 48.5 Å². The number of thiophene rings is 6. The summed E-state index contributed by atoms with van der Waals surface area (Å²) in [4.78, 5) is 103. The molecule has 6 aliphatic rings. The molecule has 18 rings (SSSR count). The van der Waals surface area contributed by atoms with Crippen molar-refractivity contribution in [1.29, 1.82) is 0 Å². The van der Waals surface area contributed by atoms with E-state index in [-0.39, 0.29) is 127 Å². The van der Waals surface area contributed by atoms with E-state index in [0.717, 1.165) is 171 Å². The fourth-order valence-electron chi connectivity index (χ4n) is 17.3. The zero-order valence-corrected chi connectivity index (χ0v) is 86.2. The Morgan fingerprint density at radius 1 is 0.304 bits per heavy atom. The third kappa shape index (κ3) is 27.6. The number of nitrogens with one attached hydrogen (secondary N) is 2. The van der Waals surface area contributed by atoms with Gasteiger partial charge in [0, 0.05) is 138 Å². The summed E-state index contributed by atoms with van der Waals surface area (Å²) < 4.78 is 263. The average Bonchev–Trinajstić information content (AvgIpc) is 1.66. The van der Waals surface area contributed by atoms with Gasteiger partial charge >= 0.3 is 37.1 Å². The number of likely N-dealkylation sites (tertiary alicyclic amines) is 6. The Kier molecular flexibility index (Phi) is 36.6. The van der Waals surface area contributed by atoms with E-state index in [9.17, 15) is 113 Å². The van der Waals surface area contributed by atoms with Crippen LogP contribution in [0.25, 0.3) is 63.4 Å². The first-order valence-electron chi connectivity index (χ1n) is 46.8. The number of hydrogen-bond donors (Lipinski definition) is 2. The molecule has 12 aromatic heterocycles. The van der Waals surface area contributed by atoms with Gasteiger partial charge < -0.3 is 71.9 Å². The number of carbonyl (C=O) groups excluding carboxylic acids is 7. The van der Waals surface area contributed by atoms with Crippen LogP contribution in [0, 0.1) is 53.4 Å². The molecular weight excluding hydrogens is 2110 g/mol. The van der Waals surface area contributed by atoms with Crippen molar-refractivity contribution in [3.05, 3.63) is 170 Å². The zero-order valence-electron chi connectivity index (χ0n) is 81.3. The van der Waals surface area contributed by atoms with Gasteiger partial charge in [0.2, 0.25) is 40.5 Å². The second-order valence-electron chi connectivity index (χ2n) is 36.1. The average molecular weight is 2210 g/mol. The molecular formula is C96H102F18N14O14S6. The second kappa shape index (κ2) is 47.7. The number of rotatable bonds is 15. The fourth-order valence-corrected chi connectivity index (χ4v) is 23.4. The Hall–Kier alpha value is -11.6. The maximum Gasteiger partial charge on any atom is 0.452 e. The number of methoxy groups -OCH3 is 1. The SMILES string of the molecule is CC(=O)N[C@H]1CCCN(C(=O)c2ccc(-c3noc(C(F)(F)F)c3C)s2)C1.CN[C@H]1CCCN(C(=O)c2ccc(-c3noc(C(F)(F)F)c3C)s2)C1.COC1CCN(C(=O)c2ccc(-c3noc(C(F)(F)F)c3C)s2)CC1.Cc1c(-c2ccc(C(=O)N3CCC(C)CC3)s2)noc1C(F)(F)F.Cc1c(-c2ccc(C(=O)N3CCCCC3)s2)noc1C(F)(F)F.Cc1c(-c2ccc(C(=O)N3CCC[C@H](C)C3)s2)noc1C(F)(F)F. The topological polar surface area (TPSA) is 328 Å². The molecule has 0 unspecified atom stereocenters. The van der Waals surface area contributed by atoms with Gasteiger partial charge in [-0.25, -0.2) is 0 Å². The standard InChI is InChI=1S/C17H18F3N3O3S.C16H18F3N3O2S.C16H17F3N2O3S.2C16H17F3N2O2S.C15H15F3N2O2S/c1-9-14(22-26-15(9)17(18,19)20)12-5-6-13(27-12)16(25)23-7-3-4-11(8-23)21-10(2)24;1-9-13(21-24-14(9)16(17,18)19)11-5-6-12(25-11)15(23)22-7-3-4-10(8-22)20-2;1-9-13(20-24-14(9)16(17,18)19)11-3-4-12(25-11)15(22)21-7-5-10(23-2)6-8-21;1-9-5-7-21(8-6-9)15(22)12-4-3-11(24-12)13-10(2)14(23-20-13)16(17,18)19;1-9-4-3-7-21(8-9)15(22)12-6-5-11(24-12)13-10(2)14(23-20-13)16(17,18)19;1-9-12(19-22-13(9)15(16,17)18)10-5-6-11(23-10)14(21)20-7-3-2-4-8-20/h5-6,11H,3-4,7-8H2,1-2H3,(H,21,24);5-6,10,20H,3-4,7-8H2,1-2H3;3-4,10H,5-8H2,1-2H3;3-4,9H,5-8H2,1-2H3;5-6,9H,3-4,7-8H2,1-2H3;5-6H,2-4,7-8H2,1H3/t11-;10-;;;9-;/m00..0./s1. The van der Waals surface area contributed by atoms with Gasteiger partial charge in [-0.15, -0.1) is 68.0 Å². The molecule has 28 nitrogen and oxygen atoms in total. The Labute approximate surface area is 858 Å². The molecule has 0 radical (unpaired) electrons. The molecule has 52 heteroatoms. The summed E-state index contributed by atoms with van der Waals surface area (Å²) in [7, 11) is 3.52. The van der Waals surface area contributed by atoms with Crippen LogP contribution in [-0.2, 0) is 46.6 Å². The summed E-state index contributed by atoms with van der Waals surface area (Å²) in [5.74, 6) is -6.33. The molecule has 0 bridgehead atoms. The van der Waals surface area contributed by atoms with E-state index in [4.69, 9.17) is 4.74 Å². The van der Waals surface area contributed by atoms with Crippen LogP contribution in [0.4, 0.5) is 79.0 Å². The highest BCUT2D eigenvalue weighted by Crippen LogP contribution is 2.47. The third-order valence-corrected chi connectivity index (χ3v) is 31.8. The van der Waals surface area contributed by atoms with E-state index >= 15 is 0 Å². The first-order valence-corrected chi connectivity index (χ1v) is 51.6. The van der Waals surface area contributed by atoms with Crippen molar-refractivity contribution < 1.29 is 144 Å². The Balaban J connectivity index is 0.000000148. The first-order chi connectivity index (χ1) is 69.7. The highest BCUT2D eigenvalue weighted by molar-refractivity contribution is 7.19. The van der Waals surface area contributed by atoms with Crippen molar-refractivity contribution in [1.82, 2.24) is 71.0 Å². The lowest BCUT2D eigenvalue weighted by molar-refractivity contribution is -0.156. The van der Waals surface area contributed by atoms with Crippen LogP contribution in [0.5, 0.6) is 0 Å². The number of likely N-dealkylation sites (N-methyl/N-ethyl adjacent to an activating group) is 1. The molecule has 802 valence electrons. The first kappa shape index (κ1) is 114. The summed E-state index contributed by atoms with van der Waals surface area (Å²) in [5, 5.41) is 27.2. The largest absolute Gasteiger partial charge is 0.452 e. The fraction of sp³-hybridized carbons (Fsp3) is 0.490. The lowest BCUT2D eigenvalue weighted by Gasteiger charge is -2.32. The monoisotopic (exact) mass is 2210 g/mol. The van der Waals surface area contributed by atoms with Crippen molar-refractivity contribution in [2.45, 2.75) is 201 Å². The Morgan fingerprint density at radius 3 is 0.777 bits per heavy atom. The molecule has 3 atom stereocenters. The summed E-state index contributed by atoms with van der Waals surface area (Å²) in [6.07, 6.45) is -15.1. The number of alkyl halides is 18. The van der Waals surface area contributed by atoms with Crippen LogP contribution in [0.3, 0.4) is 0 Å². The minimum absolute atomic E-state index is 0.0590. The van der Waals surface area contributed by atoms with Crippen molar-refractivity contribution in [2.75, 3.05) is 92.7 Å². The van der Waals surface area contributed by atoms with E-state index in [1.807, 2.05) is 7.05 Å². The van der Waals surface area contributed by atoms with E-state index in [0.29, 0.717) is 129 Å². The number of piperidine rings is 6. The molecule has 12 aromatic rings. The second-order valence-corrected chi connectivity index (χ2v) is 42.6. The van der Waals surface area contributed by atoms with Gasteiger partial charge in [-0.2, -0.15) is 79.0 Å². The quantitative estimate of drug-likeness (QED) is 0.0900. The van der Waals surface area contributed by atoms with Gasteiger partial charge in [-0.05, 0) is 217 Å². The maximum absolute atomic E-state index is 12.9. The van der Waals surface area contributed by atoms with Crippen LogP contribution >= 0.6 is 68.0 Å². The van der Waals surface area contributed by atoms with Crippen molar-refractivity contribution in [3.63, 3.8) is 0 Å². The third-order valence-electron chi connectivity index (χ3n) is 25.3. The number of hydrogen-bond acceptors (Lipinski definition) is 27. The molecule has 7 amide bonds. The Morgan fingerprint density at radius 2 is 0.534 bits per heavy atom.